The van der Waals surface area contributed by atoms with Gasteiger partial charge in [-0.05, 0) is 132 Å². The molecule has 3 heterocycles. The van der Waals surface area contributed by atoms with E-state index in [-0.39, 0.29) is 94.7 Å². The van der Waals surface area contributed by atoms with Crippen molar-refractivity contribution < 1.29 is 52.7 Å². The lowest BCUT2D eigenvalue weighted by Gasteiger charge is -2.20. The Morgan fingerprint density at radius 2 is 0.738 bits per heavy atom. The number of rotatable bonds is 7. The molecule has 0 bridgehead atoms. The number of hydrogen-bond acceptors (Lipinski definition) is 4. The van der Waals surface area contributed by atoms with Gasteiger partial charge in [-0.3, -0.25) is 0 Å². The molecule has 0 N–H and O–H groups in total. The van der Waals surface area contributed by atoms with Crippen LogP contribution in [-0.2, 0) is 24.7 Å². The van der Waals surface area contributed by atoms with Gasteiger partial charge in [-0.15, -0.1) is 0 Å². The Kier molecular flexibility index (Phi) is 11.9. The fourth-order valence-electron chi connectivity index (χ4n) is 10.2. The summed E-state index contributed by atoms with van der Waals surface area (Å²) in [6.07, 6.45) is -19.6. The van der Waals surface area contributed by atoms with Crippen molar-refractivity contribution in [3.05, 3.63) is 222 Å². The maximum atomic E-state index is 14.5. The normalized spacial score (nSPS) is 12.5. The summed E-state index contributed by atoms with van der Waals surface area (Å²) in [6.45, 7) is 0. The lowest BCUT2D eigenvalue weighted by molar-refractivity contribution is -0.138. The second kappa shape index (κ2) is 18.7. The van der Waals surface area contributed by atoms with Crippen LogP contribution in [0.2, 0.25) is 0 Å². The Morgan fingerprint density at radius 3 is 1.18 bits per heavy atom. The SMILES string of the molecule is N#Cc1cccc(-c2ccc(-n3c4ccc(C(F)(F)F)cc4c4cc(C(F)(F)F)ccc43)c(-c3cc(-n4c5ccc(C(F)(F)F)cc5c5cc(C(F)(F)F)ccc54)ccc3-c3nc(-c4ccccc4)nc(-c4ccccc4)n3)c2)c1. The Hall–Kier alpha value is -9.76. The van der Waals surface area contributed by atoms with E-state index < -0.39 is 47.0 Å². The van der Waals surface area contributed by atoms with E-state index in [1.165, 1.54) is 9.13 Å². The van der Waals surface area contributed by atoms with Crippen LogP contribution >= 0.6 is 0 Å². The summed E-state index contributed by atoms with van der Waals surface area (Å²) >= 11 is 0. The van der Waals surface area contributed by atoms with Gasteiger partial charge in [0, 0.05) is 49.5 Å². The minimum absolute atomic E-state index is 0.0563. The second-order valence-electron chi connectivity index (χ2n) is 18.8. The molecule has 0 amide bonds. The summed E-state index contributed by atoms with van der Waals surface area (Å²) in [7, 11) is 0. The van der Waals surface area contributed by atoms with E-state index in [9.17, 15) is 57.9 Å². The van der Waals surface area contributed by atoms with E-state index >= 15 is 0 Å². The number of nitrogens with zero attached hydrogens (tertiary/aromatic N) is 6. The van der Waals surface area contributed by atoms with Gasteiger partial charge in [-0.2, -0.15) is 57.9 Å². The maximum Gasteiger partial charge on any atom is 0.416 e. The summed E-state index contributed by atoms with van der Waals surface area (Å²) in [6, 6.07) is 47.3. The minimum Gasteiger partial charge on any atom is -0.309 e. The number of alkyl halides is 12. The molecule has 0 radical (unpaired) electrons. The van der Waals surface area contributed by atoms with Gasteiger partial charge in [-0.25, -0.2) is 15.0 Å². The topological polar surface area (TPSA) is 72.3 Å². The molecule has 0 saturated heterocycles. The van der Waals surface area contributed by atoms with E-state index in [0.717, 1.165) is 72.8 Å². The second-order valence-corrected chi connectivity index (χ2v) is 18.8. The summed E-state index contributed by atoms with van der Waals surface area (Å²) in [5.41, 5.74) is -0.679. The number of halogens is 12. The fourth-order valence-corrected chi connectivity index (χ4v) is 10.2. The molecule has 12 rings (SSSR count). The van der Waals surface area contributed by atoms with Crippen molar-refractivity contribution in [2.45, 2.75) is 24.7 Å². The molecule has 0 fully saturated rings. The highest BCUT2D eigenvalue weighted by molar-refractivity contribution is 6.12. The summed E-state index contributed by atoms with van der Waals surface area (Å²) in [5, 5.41) is 9.30. The maximum absolute atomic E-state index is 14.5. The van der Waals surface area contributed by atoms with E-state index in [1.54, 1.807) is 121 Å². The molecule has 0 aliphatic rings. The van der Waals surface area contributed by atoms with Crippen molar-refractivity contribution in [3.8, 4) is 73.9 Å². The van der Waals surface area contributed by atoms with Crippen molar-refractivity contribution in [2.75, 3.05) is 0 Å². The molecule has 0 spiro atoms. The van der Waals surface area contributed by atoms with Crippen LogP contribution in [0, 0.1) is 11.3 Å². The number of hydrogen-bond donors (Lipinski definition) is 0. The number of benzene rings is 9. The molecule has 12 aromatic rings. The van der Waals surface area contributed by atoms with Crippen molar-refractivity contribution in [1.29, 1.82) is 5.26 Å². The third-order valence-corrected chi connectivity index (χ3v) is 13.9. The highest BCUT2D eigenvalue weighted by atomic mass is 19.4. The standard InChI is InChI=1S/C62H32F12N6/c63-59(64,65)39-15-22-51-47(28-39)48-29-40(60(66,67)68)16-23-52(48)79(51)43-19-20-44(58-77-56(35-9-3-1-4-10-35)76-57(78-58)36-11-5-2-6-12-36)45(32-43)46-27-38(37-13-7-8-34(26-37)33-75)14-21-53(46)80-54-24-17-41(61(69,70)71)30-49(54)50-31-42(62(72,73)74)18-25-55(50)80/h1-32H. The van der Waals surface area contributed by atoms with E-state index in [4.69, 9.17) is 15.0 Å². The molecular formula is C62H32F12N6. The molecule has 0 aliphatic heterocycles. The number of nitriles is 1. The van der Waals surface area contributed by atoms with Gasteiger partial charge < -0.3 is 9.13 Å². The highest BCUT2D eigenvalue weighted by Gasteiger charge is 2.36. The molecule has 3 aromatic heterocycles. The first-order valence-corrected chi connectivity index (χ1v) is 24.2. The Bertz CT molecular complexity index is 4290. The van der Waals surface area contributed by atoms with Gasteiger partial charge in [0.25, 0.3) is 0 Å². The van der Waals surface area contributed by atoms with Crippen LogP contribution in [-0.4, -0.2) is 24.1 Å². The number of aromatic nitrogens is 5. The number of fused-ring (bicyclic) bond motifs is 6. The van der Waals surface area contributed by atoms with Crippen LogP contribution < -0.4 is 0 Å². The third kappa shape index (κ3) is 9.09. The first-order valence-electron chi connectivity index (χ1n) is 24.2. The fraction of sp³-hybridized carbons (Fsp3) is 0.0645. The van der Waals surface area contributed by atoms with Gasteiger partial charge in [0.2, 0.25) is 0 Å². The van der Waals surface area contributed by atoms with E-state index in [0.29, 0.717) is 22.3 Å². The first kappa shape index (κ1) is 51.0. The van der Waals surface area contributed by atoms with Crippen LogP contribution in [0.1, 0.15) is 27.8 Å². The quantitative estimate of drug-likeness (QED) is 0.149. The van der Waals surface area contributed by atoms with Crippen molar-refractivity contribution >= 4 is 43.6 Å². The molecule has 0 unspecified atom stereocenters. The summed E-state index contributed by atoms with van der Waals surface area (Å²) in [5.74, 6) is 0.498. The largest absolute Gasteiger partial charge is 0.416 e. The van der Waals surface area contributed by atoms with Gasteiger partial charge in [0.05, 0.1) is 61.6 Å². The van der Waals surface area contributed by atoms with Crippen LogP contribution in [0.3, 0.4) is 0 Å². The smallest absolute Gasteiger partial charge is 0.309 e. The molecule has 0 atom stereocenters. The van der Waals surface area contributed by atoms with E-state index in [2.05, 4.69) is 6.07 Å². The van der Waals surface area contributed by atoms with Gasteiger partial charge in [0.15, 0.2) is 17.5 Å². The zero-order valence-corrected chi connectivity index (χ0v) is 40.7. The Labute approximate surface area is 444 Å². The molecular weight excluding hydrogens is 1060 g/mol. The molecule has 0 saturated carbocycles. The predicted octanol–water partition coefficient (Wildman–Crippen LogP) is 18.3. The van der Waals surface area contributed by atoms with Crippen molar-refractivity contribution in [3.63, 3.8) is 0 Å². The van der Waals surface area contributed by atoms with Crippen LogP contribution in [0.4, 0.5) is 52.7 Å². The van der Waals surface area contributed by atoms with Crippen LogP contribution in [0.15, 0.2) is 194 Å². The predicted molar refractivity (Wildman–Crippen MR) is 280 cm³/mol. The summed E-state index contributed by atoms with van der Waals surface area (Å²) in [4.78, 5) is 14.9. The van der Waals surface area contributed by atoms with Gasteiger partial charge in [-0.1, -0.05) is 78.9 Å². The summed E-state index contributed by atoms with van der Waals surface area (Å²) < 4.78 is 176. The average molecular weight is 1090 g/mol. The minimum atomic E-state index is -4.90. The highest BCUT2D eigenvalue weighted by Crippen LogP contribution is 2.47. The van der Waals surface area contributed by atoms with Crippen molar-refractivity contribution in [2.24, 2.45) is 0 Å². The third-order valence-electron chi connectivity index (χ3n) is 13.9. The lowest BCUT2D eigenvalue weighted by atomic mass is 9.92. The lowest BCUT2D eigenvalue weighted by Crippen LogP contribution is -2.05. The first-order chi connectivity index (χ1) is 38.1. The average Bonchev–Trinajstić information content (AvgIpc) is 3.48. The van der Waals surface area contributed by atoms with Gasteiger partial charge >= 0.3 is 24.7 Å². The van der Waals surface area contributed by atoms with Crippen LogP contribution in [0.25, 0.3) is 111 Å². The zero-order valence-electron chi connectivity index (χ0n) is 40.7. The molecule has 9 aromatic carbocycles. The van der Waals surface area contributed by atoms with E-state index in [1.807, 2.05) is 0 Å². The van der Waals surface area contributed by atoms with Gasteiger partial charge in [0.1, 0.15) is 0 Å². The molecule has 18 heteroatoms. The monoisotopic (exact) mass is 1090 g/mol. The Morgan fingerprint density at radius 1 is 0.325 bits per heavy atom. The molecule has 394 valence electrons. The molecule has 80 heavy (non-hydrogen) atoms. The molecule has 0 aliphatic carbocycles. The molecule has 6 nitrogen and oxygen atoms in total. The zero-order chi connectivity index (χ0) is 56.0. The van der Waals surface area contributed by atoms with Crippen molar-refractivity contribution in [1.82, 2.24) is 24.1 Å². The van der Waals surface area contributed by atoms with Crippen LogP contribution in [0.5, 0.6) is 0 Å². The Balaban J connectivity index is 1.23.